The topological polar surface area (TPSA) is 30.9 Å². The largest absolute Gasteiger partial charge is 0.347 e. The van der Waals surface area contributed by atoms with E-state index in [9.17, 15) is 0 Å². The fourth-order valence-electron chi connectivity index (χ4n) is 2.92. The lowest BCUT2D eigenvalue weighted by Gasteiger charge is -2.19. The van der Waals surface area contributed by atoms with Crippen LogP contribution in [0.15, 0.2) is 18.2 Å². The molecule has 0 saturated heterocycles. The molecule has 3 rings (SSSR count). The van der Waals surface area contributed by atoms with Crippen molar-refractivity contribution in [2.24, 2.45) is 12.8 Å². The fourth-order valence-corrected chi connectivity index (χ4v) is 2.92. The first-order valence-corrected chi connectivity index (χ1v) is 5.99. The molecule has 0 aliphatic heterocycles. The Morgan fingerprint density at radius 1 is 1.38 bits per heavy atom. The van der Waals surface area contributed by atoms with Gasteiger partial charge in [0, 0.05) is 29.7 Å². The number of fused-ring (bicyclic) bond motifs is 3. The lowest BCUT2D eigenvalue weighted by atomic mass is 9.92. The van der Waals surface area contributed by atoms with Crippen LogP contribution in [-0.4, -0.2) is 10.6 Å². The third kappa shape index (κ3) is 1.30. The number of hydrogen-bond acceptors (Lipinski definition) is 1. The molecule has 1 unspecified atom stereocenters. The van der Waals surface area contributed by atoms with E-state index >= 15 is 0 Å². The molecule has 16 heavy (non-hydrogen) atoms. The average molecular weight is 214 g/mol. The first kappa shape index (κ1) is 9.91. The van der Waals surface area contributed by atoms with Crippen LogP contribution in [0.3, 0.4) is 0 Å². The van der Waals surface area contributed by atoms with E-state index in [-0.39, 0.29) is 0 Å². The Morgan fingerprint density at radius 2 is 2.19 bits per heavy atom. The number of aromatic nitrogens is 1. The van der Waals surface area contributed by atoms with Crippen molar-refractivity contribution < 1.29 is 0 Å². The summed E-state index contributed by atoms with van der Waals surface area (Å²) >= 11 is 0. The van der Waals surface area contributed by atoms with Crippen molar-refractivity contribution in [1.82, 2.24) is 4.57 Å². The van der Waals surface area contributed by atoms with E-state index in [1.165, 1.54) is 27.7 Å². The van der Waals surface area contributed by atoms with Gasteiger partial charge in [0.1, 0.15) is 0 Å². The number of aryl methyl sites for hydroxylation is 2. The summed E-state index contributed by atoms with van der Waals surface area (Å²) in [5.74, 6) is 0. The van der Waals surface area contributed by atoms with Gasteiger partial charge in [-0.2, -0.15) is 0 Å². The molecular formula is C14H18N2. The summed E-state index contributed by atoms with van der Waals surface area (Å²) in [6, 6.07) is 7.06. The van der Waals surface area contributed by atoms with Crippen molar-refractivity contribution in [3.05, 3.63) is 35.0 Å². The van der Waals surface area contributed by atoms with Crippen LogP contribution in [0, 0.1) is 6.92 Å². The van der Waals surface area contributed by atoms with Crippen LogP contribution >= 0.6 is 0 Å². The zero-order valence-corrected chi connectivity index (χ0v) is 9.96. The maximum absolute atomic E-state index is 6.08. The maximum Gasteiger partial charge on any atom is 0.0482 e. The van der Waals surface area contributed by atoms with E-state index in [0.29, 0.717) is 6.04 Å². The summed E-state index contributed by atoms with van der Waals surface area (Å²) < 4.78 is 2.34. The van der Waals surface area contributed by atoms with Crippen LogP contribution in [0.2, 0.25) is 0 Å². The Labute approximate surface area is 96.1 Å². The molecule has 2 aromatic rings. The predicted molar refractivity (Wildman–Crippen MR) is 67.7 cm³/mol. The van der Waals surface area contributed by atoms with Crippen molar-refractivity contribution >= 4 is 10.9 Å². The summed E-state index contributed by atoms with van der Waals surface area (Å²) in [7, 11) is 2.17. The summed E-state index contributed by atoms with van der Waals surface area (Å²) in [6.07, 6.45) is 3.28. The van der Waals surface area contributed by atoms with E-state index in [1.807, 2.05) is 0 Å². The van der Waals surface area contributed by atoms with Crippen molar-refractivity contribution in [1.29, 1.82) is 0 Å². The van der Waals surface area contributed by atoms with Crippen molar-refractivity contribution in [3.8, 4) is 0 Å². The molecule has 1 atom stereocenters. The van der Waals surface area contributed by atoms with Gasteiger partial charge in [-0.3, -0.25) is 0 Å². The zero-order chi connectivity index (χ0) is 11.3. The van der Waals surface area contributed by atoms with Crippen LogP contribution in [-0.2, 0) is 19.9 Å². The zero-order valence-electron chi connectivity index (χ0n) is 9.96. The van der Waals surface area contributed by atoms with Crippen molar-refractivity contribution in [3.63, 3.8) is 0 Å². The van der Waals surface area contributed by atoms with Gasteiger partial charge in [0.25, 0.3) is 0 Å². The molecule has 0 saturated carbocycles. The average Bonchev–Trinajstić information content (AvgIpc) is 2.52. The van der Waals surface area contributed by atoms with Crippen LogP contribution in [0.25, 0.3) is 10.9 Å². The normalized spacial score (nSPS) is 20.1. The molecule has 2 heteroatoms. The highest BCUT2D eigenvalue weighted by Crippen LogP contribution is 2.31. The highest BCUT2D eigenvalue weighted by molar-refractivity contribution is 5.86. The third-order valence-corrected chi connectivity index (χ3v) is 3.81. The standard InChI is InChI=1S/C14H18N2/c1-9-3-5-13-11(7-9)12-8-10(15)4-6-14(12)16(13)2/h3,5,7,10H,4,6,8,15H2,1-2H3. The van der Waals surface area contributed by atoms with Gasteiger partial charge in [0.2, 0.25) is 0 Å². The molecule has 0 amide bonds. The summed E-state index contributed by atoms with van der Waals surface area (Å²) in [5.41, 5.74) is 11.7. The second-order valence-electron chi connectivity index (χ2n) is 5.01. The molecule has 1 aromatic carbocycles. The molecule has 84 valence electrons. The Kier molecular flexibility index (Phi) is 2.08. The first-order chi connectivity index (χ1) is 7.66. The number of rotatable bonds is 0. The molecule has 2 N–H and O–H groups in total. The van der Waals surface area contributed by atoms with E-state index < -0.39 is 0 Å². The molecule has 2 nitrogen and oxygen atoms in total. The minimum Gasteiger partial charge on any atom is -0.347 e. The van der Waals surface area contributed by atoms with E-state index in [4.69, 9.17) is 5.73 Å². The number of nitrogens with two attached hydrogens (primary N) is 1. The van der Waals surface area contributed by atoms with Crippen molar-refractivity contribution in [2.75, 3.05) is 0 Å². The second-order valence-corrected chi connectivity index (χ2v) is 5.01. The molecular weight excluding hydrogens is 196 g/mol. The Morgan fingerprint density at radius 3 is 3.00 bits per heavy atom. The number of benzene rings is 1. The van der Waals surface area contributed by atoms with Gasteiger partial charge < -0.3 is 10.3 Å². The van der Waals surface area contributed by atoms with Crippen LogP contribution in [0.4, 0.5) is 0 Å². The molecule has 1 aliphatic carbocycles. The van der Waals surface area contributed by atoms with Gasteiger partial charge in [-0.1, -0.05) is 11.6 Å². The summed E-state index contributed by atoms with van der Waals surface area (Å²) in [5, 5.41) is 1.41. The lowest BCUT2D eigenvalue weighted by Crippen LogP contribution is -2.28. The lowest BCUT2D eigenvalue weighted by molar-refractivity contribution is 0.562. The molecule has 1 heterocycles. The van der Waals surface area contributed by atoms with Crippen LogP contribution in [0.1, 0.15) is 23.2 Å². The highest BCUT2D eigenvalue weighted by Gasteiger charge is 2.21. The molecule has 1 aromatic heterocycles. The number of nitrogens with zero attached hydrogens (tertiary/aromatic N) is 1. The molecule has 0 fully saturated rings. The van der Waals surface area contributed by atoms with E-state index in [1.54, 1.807) is 0 Å². The SMILES string of the molecule is Cc1ccc2c(c1)c1c(n2C)CCC(N)C1. The summed E-state index contributed by atoms with van der Waals surface area (Å²) in [4.78, 5) is 0. The van der Waals surface area contributed by atoms with Crippen molar-refractivity contribution in [2.45, 2.75) is 32.2 Å². The fraction of sp³-hybridized carbons (Fsp3) is 0.429. The predicted octanol–water partition coefficient (Wildman–Crippen LogP) is 2.30. The van der Waals surface area contributed by atoms with Gasteiger partial charge in [-0.25, -0.2) is 0 Å². The minimum atomic E-state index is 0.346. The summed E-state index contributed by atoms with van der Waals surface area (Å²) in [6.45, 7) is 2.15. The smallest absolute Gasteiger partial charge is 0.0482 e. The molecule has 0 radical (unpaired) electrons. The number of hydrogen-bond donors (Lipinski definition) is 1. The highest BCUT2D eigenvalue weighted by atomic mass is 15.0. The van der Waals surface area contributed by atoms with Gasteiger partial charge >= 0.3 is 0 Å². The first-order valence-electron chi connectivity index (χ1n) is 5.99. The monoisotopic (exact) mass is 214 g/mol. The van der Waals surface area contributed by atoms with E-state index in [2.05, 4.69) is 36.7 Å². The van der Waals surface area contributed by atoms with Crippen LogP contribution < -0.4 is 5.73 Å². The van der Waals surface area contributed by atoms with Gasteiger partial charge in [-0.05, 0) is 43.9 Å². The van der Waals surface area contributed by atoms with Gasteiger partial charge in [-0.15, -0.1) is 0 Å². The Bertz CT molecular complexity index is 551. The molecule has 1 aliphatic rings. The van der Waals surface area contributed by atoms with Gasteiger partial charge in [0.15, 0.2) is 0 Å². The second kappa shape index (κ2) is 3.36. The Balaban J connectivity index is 2.33. The quantitative estimate of drug-likeness (QED) is 0.716. The van der Waals surface area contributed by atoms with Crippen LogP contribution in [0.5, 0.6) is 0 Å². The Hall–Kier alpha value is -1.28. The molecule has 0 spiro atoms. The third-order valence-electron chi connectivity index (χ3n) is 3.81. The minimum absolute atomic E-state index is 0.346. The van der Waals surface area contributed by atoms with Gasteiger partial charge in [0.05, 0.1) is 0 Å². The van der Waals surface area contributed by atoms with E-state index in [0.717, 1.165) is 19.3 Å². The maximum atomic E-state index is 6.08. The molecule has 0 bridgehead atoms.